The van der Waals surface area contributed by atoms with Gasteiger partial charge in [0.1, 0.15) is 17.1 Å². The van der Waals surface area contributed by atoms with Crippen molar-refractivity contribution in [2.24, 2.45) is 0 Å². The zero-order chi connectivity index (χ0) is 20.6. The highest BCUT2D eigenvalue weighted by Gasteiger charge is 2.34. The Hall–Kier alpha value is -2.72. The molecular formula is C18H16F3NO5S. The SMILES string of the molecule is CC1(c2ccc(OC(F)(F)F)cc2)C=C(Oc2ccc(S(C)(=O)=O)cc2)NO1. The number of benzene rings is 2. The summed E-state index contributed by atoms with van der Waals surface area (Å²) >= 11 is 0. The van der Waals surface area contributed by atoms with Crippen LogP contribution >= 0.6 is 0 Å². The fourth-order valence-electron chi connectivity index (χ4n) is 2.53. The normalized spacial score (nSPS) is 19.7. The molecule has 1 heterocycles. The van der Waals surface area contributed by atoms with Crippen LogP contribution in [0.5, 0.6) is 11.5 Å². The first-order valence-electron chi connectivity index (χ1n) is 7.96. The minimum atomic E-state index is -4.76. The van der Waals surface area contributed by atoms with Crippen LogP contribution < -0.4 is 15.0 Å². The minimum Gasteiger partial charge on any atom is -0.439 e. The molecule has 2 aromatic carbocycles. The van der Waals surface area contributed by atoms with E-state index in [0.717, 1.165) is 6.26 Å². The van der Waals surface area contributed by atoms with Crippen molar-refractivity contribution >= 4 is 9.84 Å². The molecule has 1 atom stereocenters. The summed E-state index contributed by atoms with van der Waals surface area (Å²) in [5, 5.41) is 0. The number of alkyl halides is 3. The molecule has 0 spiro atoms. The molecule has 0 aromatic heterocycles. The number of rotatable bonds is 5. The van der Waals surface area contributed by atoms with Crippen molar-refractivity contribution in [3.05, 3.63) is 66.1 Å². The standard InChI is InChI=1S/C18H16F3NO5S/c1-17(12-3-5-14(6-4-12)26-18(19,20)21)11-16(22-27-17)25-13-7-9-15(10-8-13)28(2,23)24/h3-11,22H,1-2H3. The molecule has 150 valence electrons. The average Bonchev–Trinajstić information content (AvgIpc) is 2.96. The second kappa shape index (κ2) is 7.02. The van der Waals surface area contributed by atoms with Gasteiger partial charge >= 0.3 is 6.36 Å². The van der Waals surface area contributed by atoms with E-state index in [1.807, 2.05) is 0 Å². The largest absolute Gasteiger partial charge is 0.573 e. The molecule has 3 rings (SSSR count). The van der Waals surface area contributed by atoms with Gasteiger partial charge in [-0.1, -0.05) is 12.1 Å². The summed E-state index contributed by atoms with van der Waals surface area (Å²) in [6.45, 7) is 1.70. The van der Waals surface area contributed by atoms with E-state index in [-0.39, 0.29) is 16.5 Å². The number of hydrogen-bond donors (Lipinski definition) is 1. The molecule has 0 saturated heterocycles. The predicted octanol–water partition coefficient (Wildman–Crippen LogP) is 3.66. The van der Waals surface area contributed by atoms with Gasteiger partial charge in [-0.15, -0.1) is 13.2 Å². The Morgan fingerprint density at radius 3 is 2.11 bits per heavy atom. The topological polar surface area (TPSA) is 73.9 Å². The third-order valence-electron chi connectivity index (χ3n) is 3.91. The van der Waals surface area contributed by atoms with Crippen molar-refractivity contribution in [1.29, 1.82) is 0 Å². The summed E-state index contributed by atoms with van der Waals surface area (Å²) in [6.07, 6.45) is -2.05. The zero-order valence-electron chi connectivity index (χ0n) is 14.8. The van der Waals surface area contributed by atoms with Crippen LogP contribution in [0, 0.1) is 0 Å². The molecule has 0 amide bonds. The van der Waals surface area contributed by atoms with Gasteiger partial charge in [-0.05, 0) is 48.9 Å². The van der Waals surface area contributed by atoms with Crippen LogP contribution in [-0.4, -0.2) is 21.0 Å². The molecule has 0 fully saturated rings. The van der Waals surface area contributed by atoms with E-state index in [1.54, 1.807) is 13.0 Å². The van der Waals surface area contributed by atoms with Crippen LogP contribution in [0.3, 0.4) is 0 Å². The lowest BCUT2D eigenvalue weighted by Crippen LogP contribution is -2.23. The first-order valence-corrected chi connectivity index (χ1v) is 9.85. The van der Waals surface area contributed by atoms with Gasteiger partial charge in [0.25, 0.3) is 0 Å². The molecule has 0 radical (unpaired) electrons. The first kappa shape index (κ1) is 20.0. The van der Waals surface area contributed by atoms with Gasteiger partial charge in [-0.25, -0.2) is 13.9 Å². The molecule has 1 aliphatic heterocycles. The van der Waals surface area contributed by atoms with Crippen LogP contribution in [0.1, 0.15) is 12.5 Å². The molecule has 1 unspecified atom stereocenters. The first-order chi connectivity index (χ1) is 12.9. The van der Waals surface area contributed by atoms with E-state index >= 15 is 0 Å². The summed E-state index contributed by atoms with van der Waals surface area (Å²) < 4.78 is 69.2. The predicted molar refractivity (Wildman–Crippen MR) is 93.0 cm³/mol. The number of ether oxygens (including phenoxy) is 2. The van der Waals surface area contributed by atoms with Crippen molar-refractivity contribution < 1.29 is 35.9 Å². The summed E-state index contributed by atoms with van der Waals surface area (Å²) in [5.74, 6) is 0.301. The highest BCUT2D eigenvalue weighted by Crippen LogP contribution is 2.34. The van der Waals surface area contributed by atoms with Crippen molar-refractivity contribution in [3.8, 4) is 11.5 Å². The Bertz CT molecular complexity index is 985. The molecule has 2 aromatic rings. The monoisotopic (exact) mass is 415 g/mol. The van der Waals surface area contributed by atoms with Crippen molar-refractivity contribution in [2.75, 3.05) is 6.26 Å². The molecule has 0 bridgehead atoms. The number of hydroxylamine groups is 1. The van der Waals surface area contributed by atoms with Gasteiger partial charge in [0, 0.05) is 12.3 Å². The number of sulfone groups is 1. The molecule has 0 aliphatic carbocycles. The smallest absolute Gasteiger partial charge is 0.439 e. The average molecular weight is 415 g/mol. The maximum Gasteiger partial charge on any atom is 0.573 e. The molecule has 6 nitrogen and oxygen atoms in total. The molecule has 28 heavy (non-hydrogen) atoms. The van der Waals surface area contributed by atoms with Crippen LogP contribution in [-0.2, 0) is 20.3 Å². The summed E-state index contributed by atoms with van der Waals surface area (Å²) in [5.41, 5.74) is 2.18. The maximum atomic E-state index is 12.3. The van der Waals surface area contributed by atoms with E-state index in [9.17, 15) is 21.6 Å². The third-order valence-corrected chi connectivity index (χ3v) is 5.04. The minimum absolute atomic E-state index is 0.162. The second-order valence-corrected chi connectivity index (χ2v) is 8.25. The Labute approximate surface area is 159 Å². The van der Waals surface area contributed by atoms with E-state index < -0.39 is 21.8 Å². The third kappa shape index (κ3) is 4.76. The fourth-order valence-corrected chi connectivity index (χ4v) is 3.16. The van der Waals surface area contributed by atoms with Gasteiger partial charge in [0.05, 0.1) is 4.90 Å². The number of nitrogens with one attached hydrogen (secondary N) is 1. The lowest BCUT2D eigenvalue weighted by Gasteiger charge is -2.20. The van der Waals surface area contributed by atoms with Gasteiger partial charge < -0.3 is 9.47 Å². The van der Waals surface area contributed by atoms with E-state index in [4.69, 9.17) is 9.57 Å². The van der Waals surface area contributed by atoms with Gasteiger partial charge in [0.15, 0.2) is 9.84 Å². The fraction of sp³-hybridized carbons (Fsp3) is 0.222. The van der Waals surface area contributed by atoms with Gasteiger partial charge in [0.2, 0.25) is 5.88 Å². The number of halogens is 3. The van der Waals surface area contributed by atoms with Gasteiger partial charge in [-0.3, -0.25) is 4.84 Å². The highest BCUT2D eigenvalue weighted by molar-refractivity contribution is 7.90. The molecule has 1 aliphatic rings. The summed E-state index contributed by atoms with van der Waals surface area (Å²) in [7, 11) is -3.31. The maximum absolute atomic E-state index is 12.3. The Morgan fingerprint density at radius 2 is 1.57 bits per heavy atom. The Balaban J connectivity index is 1.73. The highest BCUT2D eigenvalue weighted by atomic mass is 32.2. The Kier molecular flexibility index (Phi) is 5.02. The van der Waals surface area contributed by atoms with Crippen LogP contribution in [0.2, 0.25) is 0 Å². The molecule has 10 heteroatoms. The van der Waals surface area contributed by atoms with Crippen molar-refractivity contribution in [1.82, 2.24) is 5.48 Å². The second-order valence-electron chi connectivity index (χ2n) is 6.24. The van der Waals surface area contributed by atoms with Crippen LogP contribution in [0.4, 0.5) is 13.2 Å². The lowest BCUT2D eigenvalue weighted by molar-refractivity contribution is -0.274. The quantitative estimate of drug-likeness (QED) is 0.804. The summed E-state index contributed by atoms with van der Waals surface area (Å²) in [6, 6.07) is 11.1. The summed E-state index contributed by atoms with van der Waals surface area (Å²) in [4.78, 5) is 5.67. The van der Waals surface area contributed by atoms with Crippen LogP contribution in [0.25, 0.3) is 0 Å². The van der Waals surface area contributed by atoms with E-state index in [1.165, 1.54) is 48.5 Å². The van der Waals surface area contributed by atoms with E-state index in [0.29, 0.717) is 11.3 Å². The zero-order valence-corrected chi connectivity index (χ0v) is 15.6. The lowest BCUT2D eigenvalue weighted by atomic mass is 9.96. The van der Waals surface area contributed by atoms with Crippen molar-refractivity contribution in [2.45, 2.75) is 23.8 Å². The van der Waals surface area contributed by atoms with Gasteiger partial charge in [-0.2, -0.15) is 0 Å². The number of hydrogen-bond acceptors (Lipinski definition) is 6. The van der Waals surface area contributed by atoms with E-state index in [2.05, 4.69) is 10.2 Å². The van der Waals surface area contributed by atoms with Crippen molar-refractivity contribution in [3.63, 3.8) is 0 Å². The Morgan fingerprint density at radius 1 is 1.00 bits per heavy atom. The van der Waals surface area contributed by atoms with Crippen LogP contribution in [0.15, 0.2) is 65.4 Å². The molecule has 1 N–H and O–H groups in total. The molecular weight excluding hydrogens is 399 g/mol. The molecule has 0 saturated carbocycles.